The molecule has 2 fully saturated rings. The molecule has 1 atom stereocenters. The van der Waals surface area contributed by atoms with Gasteiger partial charge < -0.3 is 20.7 Å². The molecule has 2 aromatic rings. The van der Waals surface area contributed by atoms with Crippen LogP contribution in [0.5, 0.6) is 0 Å². The molecular weight excluding hydrogens is 430 g/mol. The van der Waals surface area contributed by atoms with Crippen LogP contribution in [0, 0.1) is 5.92 Å². The molecule has 2 heterocycles. The monoisotopic (exact) mass is 461 g/mol. The molecule has 1 spiro atoms. The molecule has 178 valence electrons. The SMILES string of the molecule is O=C(NC(C(=O)Nc1ccc2c(c1)NC(=O)C21CCOCC1)C1CCCCC1)c1ccccc1. The van der Waals surface area contributed by atoms with Gasteiger partial charge in [-0.1, -0.05) is 43.5 Å². The van der Waals surface area contributed by atoms with Crippen LogP contribution in [0.4, 0.5) is 11.4 Å². The van der Waals surface area contributed by atoms with Gasteiger partial charge in [0.05, 0.1) is 5.41 Å². The number of hydrogen-bond donors (Lipinski definition) is 3. The van der Waals surface area contributed by atoms with Gasteiger partial charge in [-0.05, 0) is 61.4 Å². The fraction of sp³-hybridized carbons (Fsp3) is 0.444. The number of hydrogen-bond acceptors (Lipinski definition) is 4. The Balaban J connectivity index is 1.34. The maximum atomic E-state index is 13.4. The van der Waals surface area contributed by atoms with Gasteiger partial charge in [0.2, 0.25) is 11.8 Å². The van der Waals surface area contributed by atoms with E-state index in [1.54, 1.807) is 12.1 Å². The summed E-state index contributed by atoms with van der Waals surface area (Å²) in [6.45, 7) is 1.13. The fourth-order valence-corrected chi connectivity index (χ4v) is 5.62. The van der Waals surface area contributed by atoms with Gasteiger partial charge in [-0.25, -0.2) is 0 Å². The van der Waals surface area contributed by atoms with Crippen molar-refractivity contribution in [1.82, 2.24) is 5.32 Å². The van der Waals surface area contributed by atoms with E-state index in [4.69, 9.17) is 4.74 Å². The largest absolute Gasteiger partial charge is 0.381 e. The Morgan fingerprint density at radius 1 is 1.00 bits per heavy atom. The van der Waals surface area contributed by atoms with Crippen molar-refractivity contribution in [2.75, 3.05) is 23.8 Å². The van der Waals surface area contributed by atoms with Crippen molar-refractivity contribution in [1.29, 1.82) is 0 Å². The number of amides is 3. The molecule has 3 amide bonds. The van der Waals surface area contributed by atoms with Gasteiger partial charge in [0.25, 0.3) is 5.91 Å². The Morgan fingerprint density at radius 2 is 1.74 bits per heavy atom. The molecule has 1 unspecified atom stereocenters. The van der Waals surface area contributed by atoms with Crippen molar-refractivity contribution in [3.8, 4) is 0 Å². The number of carbonyl (C=O) groups is 3. The Kier molecular flexibility index (Phi) is 6.37. The zero-order valence-electron chi connectivity index (χ0n) is 19.3. The Hall–Kier alpha value is -3.19. The zero-order valence-corrected chi connectivity index (χ0v) is 19.3. The summed E-state index contributed by atoms with van der Waals surface area (Å²) in [6, 6.07) is 14.0. The summed E-state index contributed by atoms with van der Waals surface area (Å²) in [5.41, 5.74) is 2.33. The van der Waals surface area contributed by atoms with Crippen LogP contribution in [0.2, 0.25) is 0 Å². The van der Waals surface area contributed by atoms with Gasteiger partial charge >= 0.3 is 0 Å². The van der Waals surface area contributed by atoms with Crippen LogP contribution in [-0.2, 0) is 19.7 Å². The van der Waals surface area contributed by atoms with Crippen LogP contribution in [-0.4, -0.2) is 37.0 Å². The van der Waals surface area contributed by atoms with Crippen molar-refractivity contribution < 1.29 is 19.1 Å². The molecule has 2 aliphatic heterocycles. The fourth-order valence-electron chi connectivity index (χ4n) is 5.62. The summed E-state index contributed by atoms with van der Waals surface area (Å²) in [7, 11) is 0. The average molecular weight is 462 g/mol. The minimum atomic E-state index is -0.613. The summed E-state index contributed by atoms with van der Waals surface area (Å²) in [5, 5.41) is 9.00. The lowest BCUT2D eigenvalue weighted by Gasteiger charge is -2.31. The molecule has 1 saturated heterocycles. The lowest BCUT2D eigenvalue weighted by molar-refractivity contribution is -0.124. The highest BCUT2D eigenvalue weighted by atomic mass is 16.5. The third-order valence-electron chi connectivity index (χ3n) is 7.56. The maximum absolute atomic E-state index is 13.4. The topological polar surface area (TPSA) is 96.5 Å². The Morgan fingerprint density at radius 3 is 2.47 bits per heavy atom. The lowest BCUT2D eigenvalue weighted by Crippen LogP contribution is -2.49. The van der Waals surface area contributed by atoms with E-state index in [0.717, 1.165) is 43.4 Å². The molecule has 1 saturated carbocycles. The average Bonchev–Trinajstić information content (AvgIpc) is 3.13. The van der Waals surface area contributed by atoms with Crippen molar-refractivity contribution in [3.63, 3.8) is 0 Å². The molecular formula is C27H31N3O4. The van der Waals surface area contributed by atoms with Crippen molar-refractivity contribution in [3.05, 3.63) is 59.7 Å². The van der Waals surface area contributed by atoms with Crippen LogP contribution in [0.3, 0.4) is 0 Å². The van der Waals surface area contributed by atoms with Crippen LogP contribution in [0.15, 0.2) is 48.5 Å². The molecule has 5 rings (SSSR count). The van der Waals surface area contributed by atoms with Gasteiger partial charge in [0, 0.05) is 30.2 Å². The quantitative estimate of drug-likeness (QED) is 0.627. The molecule has 3 aliphatic rings. The molecule has 0 radical (unpaired) electrons. The smallest absolute Gasteiger partial charge is 0.251 e. The molecule has 7 nitrogen and oxygen atoms in total. The zero-order chi connectivity index (χ0) is 23.5. The van der Waals surface area contributed by atoms with Crippen LogP contribution >= 0.6 is 0 Å². The Bertz CT molecular complexity index is 1070. The van der Waals surface area contributed by atoms with Gasteiger partial charge in [0.15, 0.2) is 0 Å². The van der Waals surface area contributed by atoms with E-state index < -0.39 is 11.5 Å². The van der Waals surface area contributed by atoms with E-state index >= 15 is 0 Å². The summed E-state index contributed by atoms with van der Waals surface area (Å²) in [6.07, 6.45) is 6.43. The van der Waals surface area contributed by atoms with E-state index in [1.807, 2.05) is 36.4 Å². The normalized spacial score (nSPS) is 20.3. The summed E-state index contributed by atoms with van der Waals surface area (Å²) in [4.78, 5) is 39.1. The number of benzene rings is 2. The highest BCUT2D eigenvalue weighted by molar-refractivity contribution is 6.07. The molecule has 0 bridgehead atoms. The molecule has 7 heteroatoms. The molecule has 1 aliphatic carbocycles. The number of carbonyl (C=O) groups excluding carboxylic acids is 3. The van der Waals surface area contributed by atoms with Gasteiger partial charge in [-0.15, -0.1) is 0 Å². The third kappa shape index (κ3) is 4.32. The van der Waals surface area contributed by atoms with Gasteiger partial charge in [-0.2, -0.15) is 0 Å². The predicted molar refractivity (Wildman–Crippen MR) is 130 cm³/mol. The van der Waals surface area contributed by atoms with E-state index in [1.165, 1.54) is 0 Å². The number of rotatable bonds is 5. The van der Waals surface area contributed by atoms with Crippen LogP contribution in [0.25, 0.3) is 0 Å². The summed E-state index contributed by atoms with van der Waals surface area (Å²) < 4.78 is 5.47. The highest BCUT2D eigenvalue weighted by Gasteiger charge is 2.47. The Labute approximate surface area is 199 Å². The first-order chi connectivity index (χ1) is 16.6. The summed E-state index contributed by atoms with van der Waals surface area (Å²) in [5.74, 6) is -0.360. The first-order valence-electron chi connectivity index (χ1n) is 12.3. The number of fused-ring (bicyclic) bond motifs is 2. The lowest BCUT2D eigenvalue weighted by atomic mass is 9.75. The van der Waals surface area contributed by atoms with E-state index in [2.05, 4.69) is 16.0 Å². The number of ether oxygens (including phenoxy) is 1. The third-order valence-corrected chi connectivity index (χ3v) is 7.56. The van der Waals surface area contributed by atoms with E-state index in [0.29, 0.717) is 37.3 Å². The van der Waals surface area contributed by atoms with Crippen LogP contribution < -0.4 is 16.0 Å². The maximum Gasteiger partial charge on any atom is 0.251 e. The first-order valence-corrected chi connectivity index (χ1v) is 12.3. The molecule has 3 N–H and O–H groups in total. The van der Waals surface area contributed by atoms with E-state index in [-0.39, 0.29) is 23.6 Å². The van der Waals surface area contributed by atoms with E-state index in [9.17, 15) is 14.4 Å². The van der Waals surface area contributed by atoms with Crippen molar-refractivity contribution in [2.24, 2.45) is 5.92 Å². The van der Waals surface area contributed by atoms with Gasteiger partial charge in [-0.3, -0.25) is 14.4 Å². The minimum absolute atomic E-state index is 0.00415. The molecule has 0 aromatic heterocycles. The second kappa shape index (κ2) is 9.58. The summed E-state index contributed by atoms with van der Waals surface area (Å²) >= 11 is 0. The number of anilines is 2. The minimum Gasteiger partial charge on any atom is -0.381 e. The van der Waals surface area contributed by atoms with Crippen LogP contribution in [0.1, 0.15) is 60.9 Å². The molecule has 2 aromatic carbocycles. The standard InChI is InChI=1S/C27H31N3O4/c31-24(19-9-5-2-6-10-19)30-23(18-7-3-1-4-8-18)25(32)28-20-11-12-21-22(17-20)29-26(33)27(21)13-15-34-16-14-27/h2,5-6,9-12,17-18,23H,1,3-4,7-8,13-16H2,(H,28,32)(H,29,33)(H,30,31). The molecule has 34 heavy (non-hydrogen) atoms. The second-order valence-electron chi connectivity index (χ2n) is 9.61. The number of nitrogens with one attached hydrogen (secondary N) is 3. The van der Waals surface area contributed by atoms with Crippen molar-refractivity contribution in [2.45, 2.75) is 56.4 Å². The van der Waals surface area contributed by atoms with Crippen molar-refractivity contribution >= 4 is 29.1 Å². The predicted octanol–water partition coefficient (Wildman–Crippen LogP) is 4.00. The first kappa shape index (κ1) is 22.6. The second-order valence-corrected chi connectivity index (χ2v) is 9.61. The van der Waals surface area contributed by atoms with Gasteiger partial charge in [0.1, 0.15) is 6.04 Å². The highest BCUT2D eigenvalue weighted by Crippen LogP contribution is 2.45.